The first-order valence-electron chi connectivity index (χ1n) is 11.0. The topological polar surface area (TPSA) is 122 Å². The van der Waals surface area contributed by atoms with Gasteiger partial charge in [-0.1, -0.05) is 42.0 Å². The number of hydrogen-bond acceptors (Lipinski definition) is 6. The average Bonchev–Trinajstić information content (AvgIpc) is 2.85. The number of carbonyl (C=O) groups is 2. The zero-order valence-corrected chi connectivity index (χ0v) is 18.5. The second-order valence-corrected chi connectivity index (χ2v) is 7.72. The van der Waals surface area contributed by atoms with Crippen LogP contribution >= 0.6 is 0 Å². The Balaban J connectivity index is 1.48. The summed E-state index contributed by atoms with van der Waals surface area (Å²) < 4.78 is 0. The molecule has 0 bridgehead atoms. The largest absolute Gasteiger partial charge is 0.384 e. The van der Waals surface area contributed by atoms with Crippen LogP contribution in [0.4, 0.5) is 5.82 Å². The minimum atomic E-state index is -0.407. The SMILES string of the molecule is Nc1ccc(CNC(=O)CNC(=O)C(CCc2ccncc2)NBCc2ccccc2)cn1. The molecule has 0 radical (unpaired) electrons. The van der Waals surface area contributed by atoms with Gasteiger partial charge in [-0.2, -0.15) is 0 Å². The molecule has 3 rings (SSSR count). The molecule has 0 aliphatic heterocycles. The van der Waals surface area contributed by atoms with E-state index in [1.165, 1.54) is 5.56 Å². The fourth-order valence-corrected chi connectivity index (χ4v) is 3.32. The number of rotatable bonds is 12. The monoisotopic (exact) mass is 444 g/mol. The molecule has 2 amide bonds. The molecule has 0 saturated heterocycles. The summed E-state index contributed by atoms with van der Waals surface area (Å²) in [6.07, 6.45) is 7.26. The number of nitrogen functional groups attached to an aromatic ring is 1. The highest BCUT2D eigenvalue weighted by Gasteiger charge is 2.18. The van der Waals surface area contributed by atoms with E-state index in [2.05, 4.69) is 38.0 Å². The number of nitrogens with zero attached hydrogens (tertiary/aromatic N) is 2. The molecule has 2 heterocycles. The van der Waals surface area contributed by atoms with Crippen molar-refractivity contribution < 1.29 is 9.59 Å². The van der Waals surface area contributed by atoms with E-state index >= 15 is 0 Å². The first-order valence-corrected chi connectivity index (χ1v) is 11.0. The summed E-state index contributed by atoms with van der Waals surface area (Å²) in [7, 11) is 0.661. The Hall–Kier alpha value is -3.72. The lowest BCUT2D eigenvalue weighted by molar-refractivity contribution is -0.127. The number of carbonyl (C=O) groups excluding carboxylic acids is 2. The Morgan fingerprint density at radius 3 is 2.45 bits per heavy atom. The van der Waals surface area contributed by atoms with Crippen molar-refractivity contribution in [3.05, 3.63) is 89.9 Å². The number of anilines is 1. The summed E-state index contributed by atoms with van der Waals surface area (Å²) in [6, 6.07) is 17.1. The predicted octanol–water partition coefficient (Wildman–Crippen LogP) is 0.934. The molecule has 2 aromatic heterocycles. The maximum atomic E-state index is 12.8. The van der Waals surface area contributed by atoms with E-state index in [1.807, 2.05) is 30.3 Å². The van der Waals surface area contributed by atoms with Gasteiger partial charge in [0.15, 0.2) is 0 Å². The van der Waals surface area contributed by atoms with E-state index in [1.54, 1.807) is 30.7 Å². The van der Waals surface area contributed by atoms with E-state index in [0.717, 1.165) is 23.9 Å². The van der Waals surface area contributed by atoms with Gasteiger partial charge in [0.25, 0.3) is 0 Å². The number of nitrogens with two attached hydrogens (primary N) is 1. The summed E-state index contributed by atoms with van der Waals surface area (Å²) in [4.78, 5) is 33.1. The van der Waals surface area contributed by atoms with Crippen molar-refractivity contribution in [2.24, 2.45) is 0 Å². The predicted molar refractivity (Wildman–Crippen MR) is 130 cm³/mol. The fourth-order valence-electron chi connectivity index (χ4n) is 3.32. The molecule has 1 unspecified atom stereocenters. The van der Waals surface area contributed by atoms with Crippen LogP contribution in [0.15, 0.2) is 73.2 Å². The number of amides is 2. The Bertz CT molecular complexity index is 1000. The minimum absolute atomic E-state index is 0.0899. The molecule has 1 atom stereocenters. The van der Waals surface area contributed by atoms with Gasteiger partial charge in [-0.15, -0.1) is 0 Å². The Morgan fingerprint density at radius 1 is 0.939 bits per heavy atom. The highest BCUT2D eigenvalue weighted by molar-refractivity contribution is 6.32. The second kappa shape index (κ2) is 13.0. The van der Waals surface area contributed by atoms with Crippen LogP contribution in [0.3, 0.4) is 0 Å². The summed E-state index contributed by atoms with van der Waals surface area (Å²) >= 11 is 0. The molecule has 9 heteroatoms. The molecule has 0 saturated carbocycles. The van der Waals surface area contributed by atoms with Crippen LogP contribution in [-0.2, 0) is 28.9 Å². The van der Waals surface area contributed by atoms with Crippen LogP contribution in [0.5, 0.6) is 0 Å². The van der Waals surface area contributed by atoms with Crippen LogP contribution < -0.4 is 21.6 Å². The molecular weight excluding hydrogens is 415 g/mol. The van der Waals surface area contributed by atoms with Crippen molar-refractivity contribution in [1.29, 1.82) is 0 Å². The second-order valence-electron chi connectivity index (χ2n) is 7.72. The first kappa shape index (κ1) is 23.9. The van der Waals surface area contributed by atoms with Gasteiger partial charge in [-0.05, 0) is 48.5 Å². The van der Waals surface area contributed by atoms with Gasteiger partial charge in [-0.3, -0.25) is 14.6 Å². The number of aromatic nitrogens is 2. The third-order valence-corrected chi connectivity index (χ3v) is 5.20. The molecule has 0 aliphatic carbocycles. The molecule has 0 spiro atoms. The Kier molecular flexibility index (Phi) is 9.41. The summed E-state index contributed by atoms with van der Waals surface area (Å²) in [5.74, 6) is -0.0336. The van der Waals surface area contributed by atoms with E-state index in [9.17, 15) is 9.59 Å². The highest BCUT2D eigenvalue weighted by atomic mass is 16.2. The molecule has 8 nitrogen and oxygen atoms in total. The average molecular weight is 444 g/mol. The van der Waals surface area contributed by atoms with Crippen LogP contribution in [0.2, 0.25) is 0 Å². The molecule has 0 aliphatic rings. The summed E-state index contributed by atoms with van der Waals surface area (Å²) in [6.45, 7) is 0.232. The number of nitrogens with one attached hydrogen (secondary N) is 3. The minimum Gasteiger partial charge on any atom is -0.384 e. The fraction of sp³-hybridized carbons (Fsp3) is 0.250. The van der Waals surface area contributed by atoms with Crippen molar-refractivity contribution >= 4 is 25.0 Å². The lowest BCUT2D eigenvalue weighted by Crippen LogP contribution is -2.48. The normalized spacial score (nSPS) is 11.4. The third-order valence-electron chi connectivity index (χ3n) is 5.20. The molecule has 1 aromatic carbocycles. The lowest BCUT2D eigenvalue weighted by atomic mass is 9.82. The zero-order chi connectivity index (χ0) is 23.3. The number of pyridine rings is 2. The standard InChI is InChI=1S/C24H29BN6O2/c26-22-9-7-20(15-28-22)16-29-23(32)17-30-24(33)21(8-6-18-10-12-27-13-11-18)31-25-14-19-4-2-1-3-5-19/h1-5,7,9-13,15,21,25,31H,6,8,14,16-17H2,(H2,26,28)(H,29,32)(H,30,33). The van der Waals surface area contributed by atoms with Gasteiger partial charge >= 0.3 is 0 Å². The van der Waals surface area contributed by atoms with Crippen LogP contribution in [-0.4, -0.2) is 41.8 Å². The number of hydrogen-bond donors (Lipinski definition) is 4. The molecular formula is C24H29BN6O2. The van der Waals surface area contributed by atoms with Crippen molar-refractivity contribution in [3.8, 4) is 0 Å². The molecule has 3 aromatic rings. The number of aryl methyl sites for hydroxylation is 1. The molecule has 5 N–H and O–H groups in total. The van der Waals surface area contributed by atoms with Crippen molar-refractivity contribution in [2.75, 3.05) is 12.3 Å². The lowest BCUT2D eigenvalue weighted by Gasteiger charge is -2.18. The zero-order valence-electron chi connectivity index (χ0n) is 18.5. The van der Waals surface area contributed by atoms with E-state index < -0.39 is 6.04 Å². The van der Waals surface area contributed by atoms with E-state index in [0.29, 0.717) is 26.2 Å². The highest BCUT2D eigenvalue weighted by Crippen LogP contribution is 2.05. The van der Waals surface area contributed by atoms with Crippen LogP contribution in [0, 0.1) is 0 Å². The van der Waals surface area contributed by atoms with Gasteiger partial charge in [0, 0.05) is 25.1 Å². The maximum Gasteiger partial charge on any atom is 0.239 e. The summed E-state index contributed by atoms with van der Waals surface area (Å²) in [5.41, 5.74) is 8.72. The van der Waals surface area contributed by atoms with Crippen LogP contribution in [0.1, 0.15) is 23.1 Å². The van der Waals surface area contributed by atoms with Gasteiger partial charge in [0.1, 0.15) is 5.82 Å². The Morgan fingerprint density at radius 2 is 1.73 bits per heavy atom. The van der Waals surface area contributed by atoms with Crippen molar-refractivity contribution in [1.82, 2.24) is 25.8 Å². The Labute approximate surface area is 194 Å². The van der Waals surface area contributed by atoms with Gasteiger partial charge < -0.3 is 21.6 Å². The smallest absolute Gasteiger partial charge is 0.239 e. The summed E-state index contributed by atoms with van der Waals surface area (Å²) in [5, 5.41) is 8.87. The third kappa shape index (κ3) is 8.74. The van der Waals surface area contributed by atoms with Gasteiger partial charge in [0.05, 0.1) is 12.6 Å². The molecule has 170 valence electrons. The maximum absolute atomic E-state index is 12.8. The van der Waals surface area contributed by atoms with Crippen LogP contribution in [0.25, 0.3) is 0 Å². The van der Waals surface area contributed by atoms with E-state index in [-0.39, 0.29) is 18.4 Å². The quantitative estimate of drug-likeness (QED) is 0.309. The first-order chi connectivity index (χ1) is 16.1. The van der Waals surface area contributed by atoms with Gasteiger partial charge in [-0.25, -0.2) is 4.98 Å². The van der Waals surface area contributed by atoms with Gasteiger partial charge in [0.2, 0.25) is 19.2 Å². The van der Waals surface area contributed by atoms with Crippen molar-refractivity contribution in [3.63, 3.8) is 0 Å². The van der Waals surface area contributed by atoms with E-state index in [4.69, 9.17) is 5.73 Å². The molecule has 0 fully saturated rings. The number of benzene rings is 1. The van der Waals surface area contributed by atoms with Crippen molar-refractivity contribution in [2.45, 2.75) is 31.7 Å². The molecule has 33 heavy (non-hydrogen) atoms.